The Labute approximate surface area is 150 Å². The van der Waals surface area contributed by atoms with Crippen LogP contribution in [0, 0.1) is 0 Å². The number of rotatable bonds is 2. The molecule has 2 heterocycles. The third kappa shape index (κ3) is 2.57. The Morgan fingerprint density at radius 1 is 1.08 bits per heavy atom. The molecular weight excluding hydrogens is 367 g/mol. The molecule has 2 aromatic carbocycles. The van der Waals surface area contributed by atoms with Gasteiger partial charge in [0.1, 0.15) is 0 Å². The average molecular weight is 381 g/mol. The van der Waals surface area contributed by atoms with E-state index in [9.17, 15) is 8.42 Å². The Bertz CT molecular complexity index is 1040. The van der Waals surface area contributed by atoms with E-state index in [4.69, 9.17) is 23.2 Å². The van der Waals surface area contributed by atoms with Gasteiger partial charge in [-0.05, 0) is 30.7 Å². The minimum absolute atomic E-state index is 0.207. The first-order chi connectivity index (χ1) is 11.5. The van der Waals surface area contributed by atoms with Crippen molar-refractivity contribution in [2.75, 3.05) is 16.6 Å². The number of aromatic nitrogens is 1. The highest BCUT2D eigenvalue weighted by Gasteiger charge is 2.28. The zero-order valence-corrected chi connectivity index (χ0v) is 14.9. The lowest BCUT2D eigenvalue weighted by Crippen LogP contribution is -2.24. The van der Waals surface area contributed by atoms with Crippen molar-refractivity contribution in [2.24, 2.45) is 0 Å². The maximum absolute atomic E-state index is 12.1. The van der Waals surface area contributed by atoms with Crippen LogP contribution in [0.2, 0.25) is 10.0 Å². The molecule has 1 aliphatic rings. The number of fused-ring (bicyclic) bond motifs is 1. The molecule has 24 heavy (non-hydrogen) atoms. The third-order valence-corrected chi connectivity index (χ3v) is 6.92. The zero-order valence-electron chi connectivity index (χ0n) is 12.6. The van der Waals surface area contributed by atoms with Gasteiger partial charge in [0.05, 0.1) is 21.5 Å². The molecule has 124 valence electrons. The Morgan fingerprint density at radius 3 is 2.67 bits per heavy atom. The fourth-order valence-corrected chi connectivity index (χ4v) is 5.02. The fourth-order valence-electron chi connectivity index (χ4n) is 3.06. The predicted molar refractivity (Wildman–Crippen MR) is 99.5 cm³/mol. The summed E-state index contributed by atoms with van der Waals surface area (Å²) in [5, 5.41) is 1.98. The largest absolute Gasteiger partial charge is 0.354 e. The van der Waals surface area contributed by atoms with Crippen LogP contribution in [-0.4, -0.2) is 25.7 Å². The quantitative estimate of drug-likeness (QED) is 0.701. The highest BCUT2D eigenvalue weighted by Crippen LogP contribution is 2.35. The summed E-state index contributed by atoms with van der Waals surface area (Å²) in [6.45, 7) is 0.529. The van der Waals surface area contributed by atoms with Crippen LogP contribution in [0.15, 0.2) is 42.5 Å². The van der Waals surface area contributed by atoms with Gasteiger partial charge in [-0.2, -0.15) is 0 Å². The van der Waals surface area contributed by atoms with Crippen LogP contribution >= 0.6 is 23.2 Å². The van der Waals surface area contributed by atoms with Gasteiger partial charge in [0.2, 0.25) is 10.0 Å². The molecule has 1 fully saturated rings. The van der Waals surface area contributed by atoms with E-state index >= 15 is 0 Å². The Balaban J connectivity index is 1.81. The highest BCUT2D eigenvalue weighted by molar-refractivity contribution is 7.93. The lowest BCUT2D eigenvalue weighted by molar-refractivity contribution is 0.599. The molecule has 4 nitrogen and oxygen atoms in total. The second kappa shape index (κ2) is 5.69. The number of benzene rings is 2. The molecule has 0 spiro atoms. The molecule has 0 bridgehead atoms. The van der Waals surface area contributed by atoms with Crippen molar-refractivity contribution in [3.8, 4) is 11.3 Å². The van der Waals surface area contributed by atoms with E-state index < -0.39 is 10.0 Å². The van der Waals surface area contributed by atoms with Crippen molar-refractivity contribution in [2.45, 2.75) is 6.42 Å². The molecule has 0 aliphatic carbocycles. The van der Waals surface area contributed by atoms with Crippen molar-refractivity contribution in [3.05, 3.63) is 52.5 Å². The van der Waals surface area contributed by atoms with Crippen LogP contribution in [0.1, 0.15) is 6.42 Å². The highest BCUT2D eigenvalue weighted by atomic mass is 35.5. The summed E-state index contributed by atoms with van der Waals surface area (Å²) in [5.41, 5.74) is 3.21. The second-order valence-corrected chi connectivity index (χ2v) is 8.60. The van der Waals surface area contributed by atoms with Gasteiger partial charge in [-0.1, -0.05) is 41.4 Å². The van der Waals surface area contributed by atoms with E-state index in [0.29, 0.717) is 28.7 Å². The summed E-state index contributed by atoms with van der Waals surface area (Å²) in [6.07, 6.45) is 0.661. The number of hydrogen-bond acceptors (Lipinski definition) is 2. The van der Waals surface area contributed by atoms with E-state index in [1.165, 1.54) is 4.31 Å². The third-order valence-electron chi connectivity index (χ3n) is 4.24. The number of aromatic amines is 1. The summed E-state index contributed by atoms with van der Waals surface area (Å²) in [6, 6.07) is 13.1. The SMILES string of the molecule is O=S1(=O)CCCN1c1ccc2cc(-c3cccc(Cl)c3Cl)[nH]c2c1. The number of hydrogen-bond donors (Lipinski definition) is 1. The van der Waals surface area contributed by atoms with Crippen molar-refractivity contribution in [3.63, 3.8) is 0 Å². The predicted octanol–water partition coefficient (Wildman–Crippen LogP) is 4.68. The van der Waals surface area contributed by atoms with Crippen molar-refractivity contribution in [1.29, 1.82) is 0 Å². The fraction of sp³-hybridized carbons (Fsp3) is 0.176. The molecule has 0 amide bonds. The molecule has 1 aromatic heterocycles. The normalized spacial score (nSPS) is 16.8. The zero-order chi connectivity index (χ0) is 16.9. The number of nitrogens with zero attached hydrogens (tertiary/aromatic N) is 1. The molecule has 7 heteroatoms. The molecule has 4 rings (SSSR count). The first kappa shape index (κ1) is 15.8. The number of halogens is 2. The second-order valence-electron chi connectivity index (χ2n) is 5.80. The maximum atomic E-state index is 12.1. The molecule has 1 aliphatic heterocycles. The molecule has 1 saturated heterocycles. The van der Waals surface area contributed by atoms with E-state index in [-0.39, 0.29) is 5.75 Å². The lowest BCUT2D eigenvalue weighted by Gasteiger charge is -2.16. The smallest absolute Gasteiger partial charge is 0.235 e. The average Bonchev–Trinajstić information content (AvgIpc) is 3.11. The number of sulfonamides is 1. The standard InChI is InChI=1S/C17H14Cl2N2O2S/c18-14-4-1-3-13(17(14)19)16-9-11-5-6-12(10-15(11)20-16)21-7-2-8-24(21,22)23/h1,3-6,9-10,20H,2,7-8H2. The van der Waals surface area contributed by atoms with Crippen molar-refractivity contribution < 1.29 is 8.42 Å². The molecule has 0 atom stereocenters. The first-order valence-electron chi connectivity index (χ1n) is 7.53. The van der Waals surface area contributed by atoms with Gasteiger partial charge in [-0.3, -0.25) is 4.31 Å². The van der Waals surface area contributed by atoms with E-state index in [2.05, 4.69) is 4.98 Å². The molecule has 0 unspecified atom stereocenters. The molecule has 0 saturated carbocycles. The Kier molecular flexibility index (Phi) is 3.75. The van der Waals surface area contributed by atoms with Crippen LogP contribution < -0.4 is 4.31 Å². The summed E-state index contributed by atoms with van der Waals surface area (Å²) >= 11 is 12.4. The minimum atomic E-state index is -3.19. The minimum Gasteiger partial charge on any atom is -0.354 e. The summed E-state index contributed by atoms with van der Waals surface area (Å²) in [5.74, 6) is 0.207. The Hall–Kier alpha value is -1.69. The molecular formula is C17H14Cl2N2O2S. The van der Waals surface area contributed by atoms with Gasteiger partial charge >= 0.3 is 0 Å². The van der Waals surface area contributed by atoms with Gasteiger partial charge in [0.15, 0.2) is 0 Å². The summed E-state index contributed by atoms with van der Waals surface area (Å²) < 4.78 is 25.7. The van der Waals surface area contributed by atoms with Crippen LogP contribution in [0.5, 0.6) is 0 Å². The van der Waals surface area contributed by atoms with Gasteiger partial charge < -0.3 is 4.98 Å². The molecule has 0 radical (unpaired) electrons. The van der Waals surface area contributed by atoms with Crippen LogP contribution in [0.4, 0.5) is 5.69 Å². The molecule has 3 aromatic rings. The topological polar surface area (TPSA) is 53.2 Å². The van der Waals surface area contributed by atoms with Gasteiger partial charge in [-0.15, -0.1) is 0 Å². The van der Waals surface area contributed by atoms with Gasteiger partial charge in [0, 0.05) is 28.7 Å². The van der Waals surface area contributed by atoms with Gasteiger partial charge in [-0.25, -0.2) is 8.42 Å². The van der Waals surface area contributed by atoms with Crippen LogP contribution in [-0.2, 0) is 10.0 Å². The van der Waals surface area contributed by atoms with Crippen molar-refractivity contribution in [1.82, 2.24) is 4.98 Å². The van der Waals surface area contributed by atoms with E-state index in [0.717, 1.165) is 22.2 Å². The Morgan fingerprint density at radius 2 is 1.92 bits per heavy atom. The number of H-pyrrole nitrogens is 1. The summed E-state index contributed by atoms with van der Waals surface area (Å²) in [7, 11) is -3.19. The number of nitrogens with one attached hydrogen (secondary N) is 1. The molecule has 1 N–H and O–H groups in total. The maximum Gasteiger partial charge on any atom is 0.235 e. The van der Waals surface area contributed by atoms with Crippen molar-refractivity contribution >= 4 is 49.8 Å². The van der Waals surface area contributed by atoms with Crippen LogP contribution in [0.3, 0.4) is 0 Å². The lowest BCUT2D eigenvalue weighted by atomic mass is 10.1. The van der Waals surface area contributed by atoms with E-state index in [1.54, 1.807) is 6.07 Å². The monoisotopic (exact) mass is 380 g/mol. The van der Waals surface area contributed by atoms with Gasteiger partial charge in [0.25, 0.3) is 0 Å². The van der Waals surface area contributed by atoms with Crippen LogP contribution in [0.25, 0.3) is 22.2 Å². The number of anilines is 1. The summed E-state index contributed by atoms with van der Waals surface area (Å²) in [4.78, 5) is 3.31. The first-order valence-corrected chi connectivity index (χ1v) is 9.90. The van der Waals surface area contributed by atoms with E-state index in [1.807, 2.05) is 36.4 Å².